The number of nitrogens with one attached hydrogen (secondary N) is 2. The molecule has 1 aromatic heterocycles. The average molecular weight is 329 g/mol. The third-order valence-corrected chi connectivity index (χ3v) is 4.72. The van der Waals surface area contributed by atoms with Gasteiger partial charge in [-0.25, -0.2) is 4.98 Å². The van der Waals surface area contributed by atoms with Crippen molar-refractivity contribution in [2.45, 2.75) is 31.7 Å². The zero-order valence-corrected chi connectivity index (χ0v) is 13.6. The monoisotopic (exact) mass is 329 g/mol. The van der Waals surface area contributed by atoms with Gasteiger partial charge in [0.15, 0.2) is 0 Å². The summed E-state index contributed by atoms with van der Waals surface area (Å²) in [5.74, 6) is -0.240. The third-order valence-electron chi connectivity index (χ3n) is 3.78. The van der Waals surface area contributed by atoms with Crippen molar-refractivity contribution in [1.82, 2.24) is 15.6 Å². The van der Waals surface area contributed by atoms with Gasteiger partial charge in [-0.15, -0.1) is 11.3 Å². The molecule has 1 saturated heterocycles. The molecule has 2 aromatic rings. The fraction of sp³-hybridized carbons (Fsp3) is 0.353. The molecule has 1 aromatic carbocycles. The lowest BCUT2D eigenvalue weighted by molar-refractivity contribution is -0.128. The van der Waals surface area contributed by atoms with E-state index in [-0.39, 0.29) is 18.2 Å². The van der Waals surface area contributed by atoms with Crippen molar-refractivity contribution in [1.29, 1.82) is 0 Å². The second kappa shape index (κ2) is 7.37. The molecule has 2 heterocycles. The summed E-state index contributed by atoms with van der Waals surface area (Å²) < 4.78 is 0. The molecular weight excluding hydrogens is 310 g/mol. The van der Waals surface area contributed by atoms with Crippen molar-refractivity contribution in [3.63, 3.8) is 0 Å². The summed E-state index contributed by atoms with van der Waals surface area (Å²) in [4.78, 5) is 28.5. The van der Waals surface area contributed by atoms with E-state index in [4.69, 9.17) is 0 Å². The van der Waals surface area contributed by atoms with Gasteiger partial charge in [-0.3, -0.25) is 9.59 Å². The topological polar surface area (TPSA) is 71.1 Å². The van der Waals surface area contributed by atoms with Crippen LogP contribution in [0, 0.1) is 0 Å². The number of hydrogen-bond acceptors (Lipinski definition) is 4. The minimum Gasteiger partial charge on any atom is -0.354 e. The highest BCUT2D eigenvalue weighted by Crippen LogP contribution is 2.23. The summed E-state index contributed by atoms with van der Waals surface area (Å²) in [5, 5.41) is 8.44. The predicted octanol–water partition coefficient (Wildman–Crippen LogP) is 2.14. The van der Waals surface area contributed by atoms with Gasteiger partial charge in [0.25, 0.3) is 0 Å². The first-order valence-electron chi connectivity index (χ1n) is 7.79. The number of thiazole rings is 1. The van der Waals surface area contributed by atoms with Crippen molar-refractivity contribution >= 4 is 23.2 Å². The van der Waals surface area contributed by atoms with Crippen LogP contribution in [0.25, 0.3) is 10.6 Å². The molecule has 1 atom stereocenters. The Balaban J connectivity index is 1.60. The van der Waals surface area contributed by atoms with Gasteiger partial charge in [-0.2, -0.15) is 0 Å². The zero-order chi connectivity index (χ0) is 16.1. The Kier molecular flexibility index (Phi) is 5.02. The number of hydrogen-bond donors (Lipinski definition) is 2. The summed E-state index contributed by atoms with van der Waals surface area (Å²) in [6, 6.07) is 9.47. The van der Waals surface area contributed by atoms with Gasteiger partial charge in [-0.1, -0.05) is 30.3 Å². The minimum absolute atomic E-state index is 0.0842. The largest absolute Gasteiger partial charge is 0.354 e. The van der Waals surface area contributed by atoms with Crippen LogP contribution in [0.2, 0.25) is 0 Å². The SMILES string of the molecule is O=C(Cc1csc(-c2ccccc2)n1)NC1CCCCNC1=O. The molecular formula is C17H19N3O2S. The first-order chi connectivity index (χ1) is 11.2. The van der Waals surface area contributed by atoms with E-state index in [1.165, 1.54) is 11.3 Å². The van der Waals surface area contributed by atoms with Crippen molar-refractivity contribution in [2.24, 2.45) is 0 Å². The highest BCUT2D eigenvalue weighted by atomic mass is 32.1. The normalized spacial score (nSPS) is 18.1. The standard InChI is InChI=1S/C17H19N3O2S/c21-15(20-14-8-4-5-9-18-16(14)22)10-13-11-23-17(19-13)12-6-2-1-3-7-12/h1-3,6-7,11,14H,4-5,8-10H2,(H,18,22)(H,20,21). The van der Waals surface area contributed by atoms with Crippen LogP contribution < -0.4 is 10.6 Å². The number of carbonyl (C=O) groups excluding carboxylic acids is 2. The summed E-state index contributed by atoms with van der Waals surface area (Å²) in [6.07, 6.45) is 2.81. The minimum atomic E-state index is -0.419. The summed E-state index contributed by atoms with van der Waals surface area (Å²) in [7, 11) is 0. The lowest BCUT2D eigenvalue weighted by Gasteiger charge is -2.14. The quantitative estimate of drug-likeness (QED) is 0.903. The molecule has 0 spiro atoms. The first kappa shape index (κ1) is 15.7. The van der Waals surface area contributed by atoms with Crippen LogP contribution in [0.5, 0.6) is 0 Å². The Bertz CT molecular complexity index is 684. The number of rotatable bonds is 4. The van der Waals surface area contributed by atoms with E-state index in [9.17, 15) is 9.59 Å². The lowest BCUT2D eigenvalue weighted by Crippen LogP contribution is -2.46. The second-order valence-electron chi connectivity index (χ2n) is 5.59. The first-order valence-corrected chi connectivity index (χ1v) is 8.67. The number of benzene rings is 1. The molecule has 0 aliphatic carbocycles. The maximum absolute atomic E-state index is 12.2. The van der Waals surface area contributed by atoms with Crippen LogP contribution in [-0.4, -0.2) is 29.4 Å². The Morgan fingerprint density at radius 3 is 2.96 bits per heavy atom. The van der Waals surface area contributed by atoms with Crippen LogP contribution in [0.4, 0.5) is 0 Å². The Hall–Kier alpha value is -2.21. The van der Waals surface area contributed by atoms with Gasteiger partial charge < -0.3 is 10.6 Å². The molecule has 5 nitrogen and oxygen atoms in total. The van der Waals surface area contributed by atoms with E-state index in [2.05, 4.69) is 15.6 Å². The molecule has 120 valence electrons. The summed E-state index contributed by atoms with van der Waals surface area (Å²) >= 11 is 1.52. The van der Waals surface area contributed by atoms with Gasteiger partial charge in [-0.05, 0) is 19.3 Å². The fourth-order valence-electron chi connectivity index (χ4n) is 2.59. The molecule has 0 bridgehead atoms. The highest BCUT2D eigenvalue weighted by Gasteiger charge is 2.22. The molecule has 1 aliphatic heterocycles. The molecule has 6 heteroatoms. The van der Waals surface area contributed by atoms with Gasteiger partial charge in [0.2, 0.25) is 11.8 Å². The molecule has 2 N–H and O–H groups in total. The number of amides is 2. The molecule has 1 unspecified atom stereocenters. The molecule has 3 rings (SSSR count). The lowest BCUT2D eigenvalue weighted by atomic mass is 10.1. The molecule has 0 radical (unpaired) electrons. The van der Waals surface area contributed by atoms with Gasteiger partial charge in [0.05, 0.1) is 12.1 Å². The smallest absolute Gasteiger partial charge is 0.242 e. The van der Waals surface area contributed by atoms with E-state index in [1.807, 2.05) is 35.7 Å². The molecule has 0 saturated carbocycles. The van der Waals surface area contributed by atoms with Gasteiger partial charge in [0, 0.05) is 17.5 Å². The van der Waals surface area contributed by atoms with Crippen molar-refractivity contribution in [3.05, 3.63) is 41.4 Å². The fourth-order valence-corrected chi connectivity index (χ4v) is 3.41. The number of aromatic nitrogens is 1. The van der Waals surface area contributed by atoms with Gasteiger partial charge in [0.1, 0.15) is 11.0 Å². The second-order valence-corrected chi connectivity index (χ2v) is 6.45. The number of nitrogens with zero attached hydrogens (tertiary/aromatic N) is 1. The Labute approximate surface area is 139 Å². The maximum atomic E-state index is 12.2. The average Bonchev–Trinajstić information content (AvgIpc) is 2.93. The Morgan fingerprint density at radius 2 is 2.13 bits per heavy atom. The molecule has 1 fully saturated rings. The van der Waals surface area contributed by atoms with E-state index in [1.54, 1.807) is 0 Å². The van der Waals surface area contributed by atoms with Crippen LogP contribution in [-0.2, 0) is 16.0 Å². The summed E-state index contributed by atoms with van der Waals surface area (Å²) in [5.41, 5.74) is 1.78. The van der Waals surface area contributed by atoms with Crippen molar-refractivity contribution in [2.75, 3.05) is 6.54 Å². The highest BCUT2D eigenvalue weighted by molar-refractivity contribution is 7.13. The van der Waals surface area contributed by atoms with E-state index < -0.39 is 6.04 Å². The molecule has 2 amide bonds. The van der Waals surface area contributed by atoms with E-state index in [0.717, 1.165) is 29.1 Å². The molecule has 1 aliphatic rings. The molecule has 23 heavy (non-hydrogen) atoms. The Morgan fingerprint density at radius 1 is 1.30 bits per heavy atom. The van der Waals surface area contributed by atoms with E-state index in [0.29, 0.717) is 13.0 Å². The van der Waals surface area contributed by atoms with Crippen LogP contribution >= 0.6 is 11.3 Å². The maximum Gasteiger partial charge on any atom is 0.242 e. The van der Waals surface area contributed by atoms with Crippen molar-refractivity contribution in [3.8, 4) is 10.6 Å². The number of carbonyl (C=O) groups is 2. The van der Waals surface area contributed by atoms with Crippen LogP contribution in [0.15, 0.2) is 35.7 Å². The predicted molar refractivity (Wildman–Crippen MR) is 90.0 cm³/mol. The zero-order valence-electron chi connectivity index (χ0n) is 12.7. The van der Waals surface area contributed by atoms with Gasteiger partial charge >= 0.3 is 0 Å². The third kappa shape index (κ3) is 4.16. The van der Waals surface area contributed by atoms with Crippen molar-refractivity contribution < 1.29 is 9.59 Å². The van der Waals surface area contributed by atoms with Crippen LogP contribution in [0.3, 0.4) is 0 Å². The summed E-state index contributed by atoms with van der Waals surface area (Å²) in [6.45, 7) is 0.692. The van der Waals surface area contributed by atoms with E-state index >= 15 is 0 Å². The van der Waals surface area contributed by atoms with Crippen LogP contribution in [0.1, 0.15) is 25.0 Å².